The summed E-state index contributed by atoms with van der Waals surface area (Å²) in [6, 6.07) is 0.397. The molecule has 0 radical (unpaired) electrons. The van der Waals surface area contributed by atoms with E-state index in [-0.39, 0.29) is 5.92 Å². The molecule has 1 N–H and O–H groups in total. The third kappa shape index (κ3) is 3.64. The standard InChI is InChI=1S/C19H29N5O/c1-2-20-19-21-8-15(9-22-19)10-23-12-16-6-7-17(13-23)24(18(16)25)11-14-4-3-5-14/h8-9,14,16-17H,2-7,10-13H2,1H3,(H,20,21,22)/t16-,17+/m0/s1. The first-order valence-corrected chi connectivity index (χ1v) is 9.80. The van der Waals surface area contributed by atoms with E-state index in [4.69, 9.17) is 0 Å². The van der Waals surface area contributed by atoms with Gasteiger partial charge in [-0.3, -0.25) is 9.69 Å². The second-order valence-electron chi connectivity index (χ2n) is 7.85. The third-order valence-electron chi connectivity index (χ3n) is 6.00. The topological polar surface area (TPSA) is 61.4 Å². The van der Waals surface area contributed by atoms with Gasteiger partial charge in [0.25, 0.3) is 0 Å². The van der Waals surface area contributed by atoms with Gasteiger partial charge in [-0.1, -0.05) is 6.42 Å². The fourth-order valence-electron chi connectivity index (χ4n) is 4.40. The molecule has 6 heteroatoms. The second-order valence-corrected chi connectivity index (χ2v) is 7.85. The van der Waals surface area contributed by atoms with Crippen LogP contribution >= 0.6 is 0 Å². The SMILES string of the molecule is CCNc1ncc(CN2C[C@@H]3CC[C@H](C2)N(CC2CCC2)C3=O)cn1. The molecule has 3 saturated heterocycles. The maximum atomic E-state index is 12.9. The van der Waals surface area contributed by atoms with E-state index >= 15 is 0 Å². The fourth-order valence-corrected chi connectivity index (χ4v) is 4.40. The Morgan fingerprint density at radius 2 is 1.96 bits per heavy atom. The molecule has 1 aromatic rings. The van der Waals surface area contributed by atoms with Crippen LogP contribution in [0.25, 0.3) is 0 Å². The summed E-state index contributed by atoms with van der Waals surface area (Å²) < 4.78 is 0. The number of nitrogens with one attached hydrogen (secondary N) is 1. The van der Waals surface area contributed by atoms with E-state index in [2.05, 4.69) is 25.1 Å². The molecule has 1 aliphatic carbocycles. The van der Waals surface area contributed by atoms with Crippen molar-refractivity contribution in [3.63, 3.8) is 0 Å². The van der Waals surface area contributed by atoms with Gasteiger partial charge in [-0.15, -0.1) is 0 Å². The highest BCUT2D eigenvalue weighted by atomic mass is 16.2. The van der Waals surface area contributed by atoms with E-state index in [0.717, 1.165) is 57.0 Å². The van der Waals surface area contributed by atoms with Crippen LogP contribution in [0, 0.1) is 11.8 Å². The van der Waals surface area contributed by atoms with Gasteiger partial charge in [-0.2, -0.15) is 0 Å². The molecule has 1 amide bonds. The Balaban J connectivity index is 1.41. The van der Waals surface area contributed by atoms with E-state index in [0.29, 0.717) is 17.9 Å². The van der Waals surface area contributed by atoms with Gasteiger partial charge in [-0.25, -0.2) is 9.97 Å². The van der Waals surface area contributed by atoms with Crippen molar-refractivity contribution in [2.45, 2.75) is 51.6 Å². The number of hydrogen-bond donors (Lipinski definition) is 1. The Kier molecular flexibility index (Phi) is 4.88. The minimum absolute atomic E-state index is 0.181. The van der Waals surface area contributed by atoms with E-state index < -0.39 is 0 Å². The highest BCUT2D eigenvalue weighted by Gasteiger charge is 2.41. The van der Waals surface area contributed by atoms with E-state index in [9.17, 15) is 4.79 Å². The molecule has 25 heavy (non-hydrogen) atoms. The average Bonchev–Trinajstić information content (AvgIpc) is 2.84. The van der Waals surface area contributed by atoms with Gasteiger partial charge in [0.05, 0.1) is 5.92 Å². The number of amides is 1. The molecule has 3 aliphatic heterocycles. The van der Waals surface area contributed by atoms with Crippen molar-refractivity contribution in [2.75, 3.05) is 31.5 Å². The largest absolute Gasteiger partial charge is 0.355 e. The van der Waals surface area contributed by atoms with Crippen LogP contribution in [0.3, 0.4) is 0 Å². The average molecular weight is 343 g/mol. The van der Waals surface area contributed by atoms with Crippen LogP contribution < -0.4 is 5.32 Å². The molecule has 2 bridgehead atoms. The molecule has 1 saturated carbocycles. The molecule has 1 aromatic heterocycles. The summed E-state index contributed by atoms with van der Waals surface area (Å²) >= 11 is 0. The molecule has 4 aliphatic rings. The molecule has 5 rings (SSSR count). The van der Waals surface area contributed by atoms with Gasteiger partial charge in [0, 0.05) is 56.7 Å². The number of hydrogen-bond acceptors (Lipinski definition) is 5. The van der Waals surface area contributed by atoms with Crippen LogP contribution in [0.2, 0.25) is 0 Å². The minimum Gasteiger partial charge on any atom is -0.355 e. The Labute approximate surface area is 150 Å². The number of piperidine rings is 1. The number of carbonyl (C=O) groups excluding carboxylic acids is 1. The maximum Gasteiger partial charge on any atom is 0.227 e. The third-order valence-corrected chi connectivity index (χ3v) is 6.00. The van der Waals surface area contributed by atoms with Crippen molar-refractivity contribution in [1.82, 2.24) is 19.8 Å². The summed E-state index contributed by atoms with van der Waals surface area (Å²) in [5, 5.41) is 3.13. The lowest BCUT2D eigenvalue weighted by atomic mass is 9.83. The number of anilines is 1. The van der Waals surface area contributed by atoms with Gasteiger partial charge < -0.3 is 10.2 Å². The zero-order valence-corrected chi connectivity index (χ0v) is 15.2. The van der Waals surface area contributed by atoms with Crippen molar-refractivity contribution >= 4 is 11.9 Å². The van der Waals surface area contributed by atoms with Crippen molar-refractivity contribution in [1.29, 1.82) is 0 Å². The summed E-state index contributed by atoms with van der Waals surface area (Å²) in [5.74, 6) is 2.03. The Bertz CT molecular complexity index is 600. The minimum atomic E-state index is 0.181. The number of carbonyl (C=O) groups is 1. The van der Waals surface area contributed by atoms with Crippen LogP contribution in [0.5, 0.6) is 0 Å². The van der Waals surface area contributed by atoms with Crippen LogP contribution in [-0.4, -0.2) is 57.9 Å². The lowest BCUT2D eigenvalue weighted by Crippen LogP contribution is -2.50. The summed E-state index contributed by atoms with van der Waals surface area (Å²) in [6.45, 7) is 6.57. The fraction of sp³-hybridized carbons (Fsp3) is 0.737. The monoisotopic (exact) mass is 343 g/mol. The molecule has 0 unspecified atom stereocenters. The summed E-state index contributed by atoms with van der Waals surface area (Å²) in [7, 11) is 0. The molecule has 6 nitrogen and oxygen atoms in total. The molecule has 4 heterocycles. The van der Waals surface area contributed by atoms with Crippen molar-refractivity contribution in [2.24, 2.45) is 11.8 Å². The lowest BCUT2D eigenvalue weighted by molar-refractivity contribution is -0.141. The highest BCUT2D eigenvalue weighted by molar-refractivity contribution is 5.80. The Morgan fingerprint density at radius 3 is 2.64 bits per heavy atom. The van der Waals surface area contributed by atoms with Crippen LogP contribution in [-0.2, 0) is 11.3 Å². The van der Waals surface area contributed by atoms with E-state index in [1.165, 1.54) is 19.3 Å². The van der Waals surface area contributed by atoms with Gasteiger partial charge >= 0.3 is 0 Å². The predicted octanol–water partition coefficient (Wildman–Crippen LogP) is 2.13. The van der Waals surface area contributed by atoms with E-state index in [1.807, 2.05) is 19.3 Å². The predicted molar refractivity (Wildman–Crippen MR) is 97.0 cm³/mol. The zero-order valence-electron chi connectivity index (χ0n) is 15.2. The quantitative estimate of drug-likeness (QED) is 0.857. The van der Waals surface area contributed by atoms with Gasteiger partial charge in [0.1, 0.15) is 0 Å². The zero-order chi connectivity index (χ0) is 17.2. The number of aromatic nitrogens is 2. The van der Waals surface area contributed by atoms with Crippen LogP contribution in [0.15, 0.2) is 12.4 Å². The summed E-state index contributed by atoms with van der Waals surface area (Å²) in [4.78, 5) is 26.3. The maximum absolute atomic E-state index is 12.9. The molecule has 2 atom stereocenters. The molecule has 136 valence electrons. The first-order chi connectivity index (χ1) is 12.2. The molecule has 0 aromatic carbocycles. The van der Waals surface area contributed by atoms with Crippen LogP contribution in [0.4, 0.5) is 5.95 Å². The molecular formula is C19H29N5O. The smallest absolute Gasteiger partial charge is 0.227 e. The lowest BCUT2D eigenvalue weighted by Gasteiger charge is -2.40. The van der Waals surface area contributed by atoms with Crippen molar-refractivity contribution in [3.05, 3.63) is 18.0 Å². The highest BCUT2D eigenvalue weighted by Crippen LogP contribution is 2.34. The summed E-state index contributed by atoms with van der Waals surface area (Å²) in [6.07, 6.45) is 9.99. The van der Waals surface area contributed by atoms with Crippen LogP contribution in [0.1, 0.15) is 44.6 Å². The first kappa shape index (κ1) is 16.8. The number of rotatable bonds is 6. The Morgan fingerprint density at radius 1 is 1.16 bits per heavy atom. The number of nitrogens with zero attached hydrogens (tertiary/aromatic N) is 4. The van der Waals surface area contributed by atoms with Crippen molar-refractivity contribution < 1.29 is 4.79 Å². The first-order valence-electron chi connectivity index (χ1n) is 9.80. The Hall–Kier alpha value is -1.69. The number of fused-ring (bicyclic) bond motifs is 4. The van der Waals surface area contributed by atoms with Gasteiger partial charge in [0.2, 0.25) is 11.9 Å². The van der Waals surface area contributed by atoms with Gasteiger partial charge in [-0.05, 0) is 38.5 Å². The summed E-state index contributed by atoms with van der Waals surface area (Å²) in [5.41, 5.74) is 1.13. The second kappa shape index (κ2) is 7.28. The van der Waals surface area contributed by atoms with Gasteiger partial charge in [0.15, 0.2) is 0 Å². The molecule has 0 spiro atoms. The molecule has 4 fully saturated rings. The van der Waals surface area contributed by atoms with Crippen molar-refractivity contribution in [3.8, 4) is 0 Å². The normalized spacial score (nSPS) is 27.2. The van der Waals surface area contributed by atoms with E-state index in [1.54, 1.807) is 0 Å². The molecular weight excluding hydrogens is 314 g/mol.